The number of thiophene rings is 1. The van der Waals surface area contributed by atoms with E-state index in [9.17, 15) is 18.3 Å². The van der Waals surface area contributed by atoms with Crippen LogP contribution in [0.2, 0.25) is 9.36 Å². The highest BCUT2D eigenvalue weighted by Gasteiger charge is 2.20. The number of unbranched alkanes of at least 4 members (excludes halogenated alkanes) is 3. The van der Waals surface area contributed by atoms with Gasteiger partial charge in [-0.25, -0.2) is 13.2 Å². The number of carbonyl (C=O) groups excluding carboxylic acids is 1. The van der Waals surface area contributed by atoms with Crippen molar-refractivity contribution in [3.63, 3.8) is 0 Å². The molecular weight excluding hydrogens is 433 g/mol. The number of aromatic hydroxyl groups is 1. The van der Waals surface area contributed by atoms with Crippen LogP contribution in [0.5, 0.6) is 5.75 Å². The van der Waals surface area contributed by atoms with E-state index in [1.165, 1.54) is 18.2 Å². The molecule has 2 aromatic rings. The number of hydrogen-bond donors (Lipinski definition) is 2. The van der Waals surface area contributed by atoms with Gasteiger partial charge in [0.05, 0.1) is 17.3 Å². The Balaban J connectivity index is 2.04. The highest BCUT2D eigenvalue weighted by molar-refractivity contribution is 7.94. The van der Waals surface area contributed by atoms with E-state index in [4.69, 9.17) is 27.9 Å². The molecule has 10 heteroatoms. The molecule has 1 heterocycles. The smallest absolute Gasteiger partial charge is 0.341 e. The van der Waals surface area contributed by atoms with Gasteiger partial charge in [0, 0.05) is 6.07 Å². The lowest BCUT2D eigenvalue weighted by atomic mass is 10.2. The lowest BCUT2D eigenvalue weighted by Gasteiger charge is -2.09. The second-order valence-corrected chi connectivity index (χ2v) is 9.69. The molecule has 0 spiro atoms. The molecule has 2 rings (SSSR count). The number of ether oxygens (including phenoxy) is 1. The van der Waals surface area contributed by atoms with Crippen molar-refractivity contribution in [2.75, 3.05) is 11.3 Å². The van der Waals surface area contributed by atoms with E-state index >= 15 is 0 Å². The summed E-state index contributed by atoms with van der Waals surface area (Å²) in [6, 6.07) is 5.04. The Labute approximate surface area is 172 Å². The summed E-state index contributed by atoms with van der Waals surface area (Å²) >= 11 is 12.4. The third-order valence-electron chi connectivity index (χ3n) is 3.59. The molecule has 1 aromatic heterocycles. The predicted molar refractivity (Wildman–Crippen MR) is 108 cm³/mol. The van der Waals surface area contributed by atoms with Crippen LogP contribution in [0.4, 0.5) is 5.69 Å². The van der Waals surface area contributed by atoms with Crippen LogP contribution < -0.4 is 4.72 Å². The van der Waals surface area contributed by atoms with Crippen LogP contribution in [0.3, 0.4) is 0 Å². The van der Waals surface area contributed by atoms with Gasteiger partial charge in [0.15, 0.2) is 0 Å². The number of nitrogens with one attached hydrogen (secondary N) is 1. The summed E-state index contributed by atoms with van der Waals surface area (Å²) in [6.07, 6.45) is 3.87. The molecule has 0 unspecified atom stereocenters. The quantitative estimate of drug-likeness (QED) is 0.398. The molecule has 0 amide bonds. The molecule has 0 fully saturated rings. The summed E-state index contributed by atoms with van der Waals surface area (Å²) < 4.78 is 32.2. The largest absolute Gasteiger partial charge is 0.507 e. The third kappa shape index (κ3) is 6.00. The van der Waals surface area contributed by atoms with E-state index in [2.05, 4.69) is 11.6 Å². The van der Waals surface area contributed by atoms with Crippen molar-refractivity contribution < 1.29 is 23.1 Å². The highest BCUT2D eigenvalue weighted by atomic mass is 35.5. The second kappa shape index (κ2) is 9.64. The Kier molecular flexibility index (Phi) is 7.79. The Hall–Kier alpha value is -1.48. The van der Waals surface area contributed by atoms with Crippen LogP contribution in [0.15, 0.2) is 28.5 Å². The number of sulfonamides is 1. The topological polar surface area (TPSA) is 92.7 Å². The van der Waals surface area contributed by atoms with Crippen LogP contribution in [0.25, 0.3) is 0 Å². The van der Waals surface area contributed by atoms with Crippen molar-refractivity contribution in [3.8, 4) is 5.75 Å². The minimum atomic E-state index is -3.92. The molecule has 1 aromatic carbocycles. The first-order chi connectivity index (χ1) is 12.7. The van der Waals surface area contributed by atoms with Gasteiger partial charge in [-0.1, -0.05) is 49.4 Å². The lowest BCUT2D eigenvalue weighted by molar-refractivity contribution is 0.0494. The third-order valence-corrected chi connectivity index (χ3v) is 7.31. The average Bonchev–Trinajstić information content (AvgIpc) is 2.94. The molecule has 0 aliphatic carbocycles. The first kappa shape index (κ1) is 21.8. The Morgan fingerprint density at radius 2 is 1.96 bits per heavy atom. The first-order valence-corrected chi connectivity index (χ1v) is 11.3. The maximum absolute atomic E-state index is 12.3. The van der Waals surface area contributed by atoms with Crippen molar-refractivity contribution in [3.05, 3.63) is 39.2 Å². The van der Waals surface area contributed by atoms with Gasteiger partial charge >= 0.3 is 5.97 Å². The highest BCUT2D eigenvalue weighted by Crippen LogP contribution is 2.35. The Morgan fingerprint density at radius 1 is 1.22 bits per heavy atom. The SMILES string of the molecule is CCCCCCOC(=O)c1ccc(NS(=O)(=O)c2cc(Cl)c(Cl)s2)cc1O. The summed E-state index contributed by atoms with van der Waals surface area (Å²) in [5.74, 6) is -1.04. The predicted octanol–water partition coefficient (Wildman–Crippen LogP) is 5.30. The van der Waals surface area contributed by atoms with E-state index < -0.39 is 16.0 Å². The van der Waals surface area contributed by atoms with Crippen molar-refractivity contribution in [1.82, 2.24) is 0 Å². The lowest BCUT2D eigenvalue weighted by Crippen LogP contribution is -2.12. The Morgan fingerprint density at radius 3 is 2.56 bits per heavy atom. The number of rotatable bonds is 9. The maximum atomic E-state index is 12.3. The molecule has 148 valence electrons. The molecule has 0 aliphatic heterocycles. The van der Waals surface area contributed by atoms with Crippen LogP contribution in [-0.2, 0) is 14.8 Å². The summed E-state index contributed by atoms with van der Waals surface area (Å²) in [5, 5.41) is 10.2. The van der Waals surface area contributed by atoms with E-state index in [1.54, 1.807) is 0 Å². The minimum absolute atomic E-state index is 0.0318. The van der Waals surface area contributed by atoms with Crippen molar-refractivity contribution >= 4 is 56.2 Å². The number of benzene rings is 1. The maximum Gasteiger partial charge on any atom is 0.341 e. The van der Waals surface area contributed by atoms with Gasteiger partial charge in [-0.2, -0.15) is 0 Å². The van der Waals surface area contributed by atoms with Gasteiger partial charge in [0.2, 0.25) is 0 Å². The van der Waals surface area contributed by atoms with Crippen LogP contribution in [0, 0.1) is 0 Å². The van der Waals surface area contributed by atoms with Gasteiger partial charge in [0.1, 0.15) is 19.9 Å². The summed E-state index contributed by atoms with van der Waals surface area (Å²) in [4.78, 5) is 12.0. The average molecular weight is 452 g/mol. The minimum Gasteiger partial charge on any atom is -0.507 e. The van der Waals surface area contributed by atoms with Crippen LogP contribution in [0.1, 0.15) is 43.0 Å². The van der Waals surface area contributed by atoms with Gasteiger partial charge in [-0.15, -0.1) is 11.3 Å². The molecule has 0 saturated carbocycles. The number of halogens is 2. The van der Waals surface area contributed by atoms with E-state index in [-0.39, 0.29) is 37.2 Å². The van der Waals surface area contributed by atoms with Gasteiger partial charge in [-0.05, 0) is 24.6 Å². The summed E-state index contributed by atoms with van der Waals surface area (Å²) in [6.45, 7) is 2.36. The van der Waals surface area contributed by atoms with E-state index in [1.807, 2.05) is 0 Å². The summed E-state index contributed by atoms with van der Waals surface area (Å²) in [7, 11) is -3.92. The molecule has 6 nitrogen and oxygen atoms in total. The summed E-state index contributed by atoms with van der Waals surface area (Å²) in [5.41, 5.74) is 0.0586. The number of esters is 1. The molecule has 0 saturated heterocycles. The fourth-order valence-electron chi connectivity index (χ4n) is 2.20. The number of anilines is 1. The molecule has 2 N–H and O–H groups in total. The zero-order valence-electron chi connectivity index (χ0n) is 14.5. The molecule has 27 heavy (non-hydrogen) atoms. The normalized spacial score (nSPS) is 11.4. The van der Waals surface area contributed by atoms with Crippen molar-refractivity contribution in [2.45, 2.75) is 36.8 Å². The Bertz CT molecular complexity index is 893. The van der Waals surface area contributed by atoms with Gasteiger partial charge in [-0.3, -0.25) is 4.72 Å². The molecule has 0 aliphatic rings. The fourth-order valence-corrected chi connectivity index (χ4v) is 5.13. The van der Waals surface area contributed by atoms with Crippen molar-refractivity contribution in [1.29, 1.82) is 0 Å². The number of phenols is 1. The van der Waals surface area contributed by atoms with Crippen LogP contribution in [-0.4, -0.2) is 26.1 Å². The fraction of sp³-hybridized carbons (Fsp3) is 0.353. The monoisotopic (exact) mass is 451 g/mol. The number of phenolic OH excluding ortho intramolecular Hbond substituents is 1. The number of hydrogen-bond acceptors (Lipinski definition) is 6. The zero-order chi connectivity index (χ0) is 20.0. The van der Waals surface area contributed by atoms with Gasteiger partial charge in [0.25, 0.3) is 10.0 Å². The molecule has 0 bridgehead atoms. The molecule has 0 radical (unpaired) electrons. The number of carbonyl (C=O) groups is 1. The second-order valence-electron chi connectivity index (χ2n) is 5.72. The van der Waals surface area contributed by atoms with E-state index in [0.29, 0.717) is 0 Å². The first-order valence-electron chi connectivity index (χ1n) is 8.22. The molecule has 0 atom stereocenters. The standard InChI is InChI=1S/C17H19Cl2NO5S2/c1-2-3-4-5-8-25-17(22)12-7-6-11(9-14(12)21)20-27(23,24)15-10-13(18)16(19)26-15/h6-7,9-10,20-21H,2-5,8H2,1H3. The zero-order valence-corrected chi connectivity index (χ0v) is 17.6. The van der Waals surface area contributed by atoms with Crippen molar-refractivity contribution in [2.24, 2.45) is 0 Å². The van der Waals surface area contributed by atoms with E-state index in [0.717, 1.165) is 43.1 Å². The van der Waals surface area contributed by atoms with Gasteiger partial charge < -0.3 is 9.84 Å². The molecular formula is C17H19Cl2NO5S2. The van der Waals surface area contributed by atoms with Crippen LogP contribution >= 0.6 is 34.5 Å².